The summed E-state index contributed by atoms with van der Waals surface area (Å²) in [4.78, 5) is 4.82. The second kappa shape index (κ2) is 5.98. The van der Waals surface area contributed by atoms with Crippen molar-refractivity contribution < 1.29 is 0 Å². The molecular weight excluding hydrogens is 322 g/mol. The van der Waals surface area contributed by atoms with Gasteiger partial charge in [-0.25, -0.2) is 0 Å². The van der Waals surface area contributed by atoms with Gasteiger partial charge in [-0.2, -0.15) is 5.26 Å². The Labute approximate surface area is 126 Å². The molecule has 1 aromatic carbocycles. The average molecular weight is 338 g/mol. The van der Waals surface area contributed by atoms with E-state index in [1.165, 1.54) is 0 Å². The van der Waals surface area contributed by atoms with Crippen molar-refractivity contribution in [2.24, 2.45) is 4.99 Å². The Morgan fingerprint density at radius 1 is 1.47 bits per heavy atom. The molecule has 0 unspecified atom stereocenters. The molecule has 0 radical (unpaired) electrons. The number of nitrogens with zero attached hydrogens (tertiary/aromatic N) is 2. The van der Waals surface area contributed by atoms with Crippen LogP contribution in [0.15, 0.2) is 27.7 Å². The molecule has 0 amide bonds. The van der Waals surface area contributed by atoms with Gasteiger partial charge in [-0.05, 0) is 47.0 Å². The molecule has 1 N–H and O–H groups in total. The highest BCUT2D eigenvalue weighted by Crippen LogP contribution is 2.34. The molecule has 0 spiro atoms. The van der Waals surface area contributed by atoms with Gasteiger partial charge in [0.15, 0.2) is 5.17 Å². The average Bonchev–Trinajstić information content (AvgIpc) is 2.85. The first-order chi connectivity index (χ1) is 9.12. The molecule has 0 fully saturated rings. The summed E-state index contributed by atoms with van der Waals surface area (Å²) in [6.45, 7) is 4.38. The normalized spacial score (nSPS) is 16.8. The lowest BCUT2D eigenvalue weighted by Crippen LogP contribution is -2.24. The van der Waals surface area contributed by atoms with Gasteiger partial charge in [0.25, 0.3) is 0 Å². The number of amidine groups is 1. The van der Waals surface area contributed by atoms with Crippen LogP contribution in [0.1, 0.15) is 32.3 Å². The minimum absolute atomic E-state index is 0.0894. The molecule has 1 aliphatic rings. The second-order valence-electron chi connectivity index (χ2n) is 4.57. The zero-order chi connectivity index (χ0) is 13.9. The number of halogens is 1. The summed E-state index contributed by atoms with van der Waals surface area (Å²) in [7, 11) is 0. The monoisotopic (exact) mass is 337 g/mol. The highest BCUT2D eigenvalue weighted by molar-refractivity contribution is 9.10. The highest BCUT2D eigenvalue weighted by Gasteiger charge is 2.32. The third kappa shape index (κ3) is 3.13. The molecule has 2 rings (SSSR count). The quantitative estimate of drug-likeness (QED) is 0.889. The maximum Gasteiger partial charge on any atom is 0.161 e. The van der Waals surface area contributed by atoms with E-state index < -0.39 is 0 Å². The van der Waals surface area contributed by atoms with Crippen molar-refractivity contribution in [3.63, 3.8) is 0 Å². The van der Waals surface area contributed by atoms with Gasteiger partial charge < -0.3 is 5.32 Å². The molecule has 0 saturated carbocycles. The molecule has 1 aliphatic heterocycles. The van der Waals surface area contributed by atoms with Crippen molar-refractivity contribution >= 4 is 38.5 Å². The predicted octanol–water partition coefficient (Wildman–Crippen LogP) is 4.39. The third-order valence-corrected chi connectivity index (χ3v) is 5.28. The van der Waals surface area contributed by atoms with Crippen molar-refractivity contribution in [2.75, 3.05) is 11.1 Å². The van der Waals surface area contributed by atoms with Gasteiger partial charge >= 0.3 is 0 Å². The lowest BCUT2D eigenvalue weighted by molar-refractivity contribution is 0.456. The number of aliphatic imine (C=N–C) groups is 1. The molecule has 0 aliphatic carbocycles. The first-order valence-electron chi connectivity index (χ1n) is 6.32. The summed E-state index contributed by atoms with van der Waals surface area (Å²) in [6, 6.07) is 7.65. The number of benzene rings is 1. The van der Waals surface area contributed by atoms with E-state index >= 15 is 0 Å². The Kier molecular flexibility index (Phi) is 4.54. The van der Waals surface area contributed by atoms with Crippen LogP contribution in [-0.2, 0) is 0 Å². The number of nitriles is 1. The number of anilines is 1. The first-order valence-corrected chi connectivity index (χ1v) is 8.09. The molecule has 5 heteroatoms. The SMILES string of the molecule is CCC1(CC)CSC(Nc2ccc(C#N)cc2Br)=N1. The predicted molar refractivity (Wildman–Crippen MR) is 85.7 cm³/mol. The maximum atomic E-state index is 8.85. The smallest absolute Gasteiger partial charge is 0.161 e. The zero-order valence-corrected chi connectivity index (χ0v) is 13.4. The summed E-state index contributed by atoms with van der Waals surface area (Å²) in [5, 5.41) is 13.2. The van der Waals surface area contributed by atoms with E-state index in [2.05, 4.69) is 41.2 Å². The Morgan fingerprint density at radius 2 is 2.21 bits per heavy atom. The van der Waals surface area contributed by atoms with E-state index in [4.69, 9.17) is 10.3 Å². The Bertz CT molecular complexity index is 544. The van der Waals surface area contributed by atoms with E-state index in [0.717, 1.165) is 33.9 Å². The number of hydrogen-bond donors (Lipinski definition) is 1. The standard InChI is InChI=1S/C14H16BrN3S/c1-3-14(4-2)9-19-13(18-14)17-12-6-5-10(8-16)7-11(12)15/h5-7H,3-4,9H2,1-2H3,(H,17,18). The molecule has 0 saturated heterocycles. The topological polar surface area (TPSA) is 48.2 Å². The van der Waals surface area contributed by atoms with Crippen molar-refractivity contribution in [3.05, 3.63) is 28.2 Å². The Balaban J connectivity index is 2.17. The molecule has 0 aromatic heterocycles. The fourth-order valence-corrected chi connectivity index (χ4v) is 3.76. The number of rotatable bonds is 3. The van der Waals surface area contributed by atoms with Gasteiger partial charge in [0.1, 0.15) is 0 Å². The fraction of sp³-hybridized carbons (Fsp3) is 0.429. The Hall–Kier alpha value is -0.990. The lowest BCUT2D eigenvalue weighted by Gasteiger charge is -2.20. The van der Waals surface area contributed by atoms with Gasteiger partial charge in [0.2, 0.25) is 0 Å². The summed E-state index contributed by atoms with van der Waals surface area (Å²) in [5.74, 6) is 1.04. The second-order valence-corrected chi connectivity index (χ2v) is 6.39. The third-order valence-electron chi connectivity index (χ3n) is 3.47. The van der Waals surface area contributed by atoms with Crippen LogP contribution in [0.3, 0.4) is 0 Å². The first kappa shape index (κ1) is 14.4. The van der Waals surface area contributed by atoms with Gasteiger partial charge in [-0.1, -0.05) is 25.6 Å². The summed E-state index contributed by atoms with van der Waals surface area (Å²) in [6.07, 6.45) is 2.13. The van der Waals surface area contributed by atoms with E-state index in [1.807, 2.05) is 12.1 Å². The van der Waals surface area contributed by atoms with E-state index in [0.29, 0.717) is 5.56 Å². The maximum absolute atomic E-state index is 8.85. The van der Waals surface area contributed by atoms with E-state index in [-0.39, 0.29) is 5.54 Å². The van der Waals surface area contributed by atoms with Crippen LogP contribution in [0.4, 0.5) is 5.69 Å². The molecule has 100 valence electrons. The van der Waals surface area contributed by atoms with Gasteiger partial charge in [-0.15, -0.1) is 0 Å². The Morgan fingerprint density at radius 3 is 2.74 bits per heavy atom. The van der Waals surface area contributed by atoms with Crippen molar-refractivity contribution in [1.29, 1.82) is 5.26 Å². The van der Waals surface area contributed by atoms with Gasteiger partial charge in [0.05, 0.1) is 22.9 Å². The van der Waals surface area contributed by atoms with Crippen molar-refractivity contribution in [2.45, 2.75) is 32.2 Å². The van der Waals surface area contributed by atoms with Crippen molar-refractivity contribution in [3.8, 4) is 6.07 Å². The summed E-state index contributed by atoms with van der Waals surface area (Å²) in [5.41, 5.74) is 1.69. The number of nitrogens with one attached hydrogen (secondary N) is 1. The van der Waals surface area contributed by atoms with Crippen LogP contribution in [0, 0.1) is 11.3 Å². The largest absolute Gasteiger partial charge is 0.334 e. The van der Waals surface area contributed by atoms with Gasteiger partial charge in [0, 0.05) is 10.2 Å². The van der Waals surface area contributed by atoms with Crippen LogP contribution in [-0.4, -0.2) is 16.5 Å². The lowest BCUT2D eigenvalue weighted by atomic mass is 9.97. The number of thioether (sulfide) groups is 1. The molecule has 3 nitrogen and oxygen atoms in total. The summed E-state index contributed by atoms with van der Waals surface area (Å²) >= 11 is 5.25. The molecule has 19 heavy (non-hydrogen) atoms. The molecule has 1 heterocycles. The molecule has 0 atom stereocenters. The zero-order valence-electron chi connectivity index (χ0n) is 11.0. The molecular formula is C14H16BrN3S. The van der Waals surface area contributed by atoms with Crippen LogP contribution in [0.5, 0.6) is 0 Å². The van der Waals surface area contributed by atoms with Crippen LogP contribution < -0.4 is 5.32 Å². The summed E-state index contributed by atoms with van der Waals surface area (Å²) < 4.78 is 0.889. The van der Waals surface area contributed by atoms with E-state index in [1.54, 1.807) is 17.8 Å². The fourth-order valence-electron chi connectivity index (χ4n) is 1.96. The highest BCUT2D eigenvalue weighted by atomic mass is 79.9. The molecule has 1 aromatic rings. The van der Waals surface area contributed by atoms with Crippen molar-refractivity contribution in [1.82, 2.24) is 0 Å². The number of hydrogen-bond acceptors (Lipinski definition) is 4. The van der Waals surface area contributed by atoms with Crippen LogP contribution in [0.25, 0.3) is 0 Å². The molecule has 0 bridgehead atoms. The minimum Gasteiger partial charge on any atom is -0.334 e. The van der Waals surface area contributed by atoms with Crippen LogP contribution in [0.2, 0.25) is 0 Å². The minimum atomic E-state index is 0.0894. The van der Waals surface area contributed by atoms with E-state index in [9.17, 15) is 0 Å². The van der Waals surface area contributed by atoms with Crippen LogP contribution >= 0.6 is 27.7 Å². The van der Waals surface area contributed by atoms with Gasteiger partial charge in [-0.3, -0.25) is 4.99 Å².